The van der Waals surface area contributed by atoms with E-state index >= 15 is 0 Å². The van der Waals surface area contributed by atoms with Crippen LogP contribution >= 0.6 is 0 Å². The number of rotatable bonds is 2. The molecule has 0 amide bonds. The summed E-state index contributed by atoms with van der Waals surface area (Å²) in [6.45, 7) is 0. The molecule has 1 rings (SSSR count). The number of carboxylic acid groups (broad SMARTS) is 1. The van der Waals surface area contributed by atoms with Gasteiger partial charge in [0.25, 0.3) is 5.69 Å². The van der Waals surface area contributed by atoms with Crippen molar-refractivity contribution in [2.24, 2.45) is 0 Å². The Kier molecular flexibility index (Phi) is 3.75. The molecule has 0 unspecified atom stereocenters. The Morgan fingerprint density at radius 3 is 2.08 bits per heavy atom. The van der Waals surface area contributed by atoms with E-state index in [-0.39, 0.29) is 21.4 Å². The van der Waals surface area contributed by atoms with Crippen LogP contribution in [0.2, 0.25) is 0 Å². The Hall–Kier alpha value is -1.74. The zero-order valence-electron chi connectivity index (χ0n) is 5.93. The zero-order valence-corrected chi connectivity index (χ0v) is 5.93. The van der Waals surface area contributed by atoms with Gasteiger partial charge >= 0.3 is 16.1 Å². The van der Waals surface area contributed by atoms with Crippen LogP contribution in [-0.2, 0) is 0 Å². The standard InChI is InChI=1S/C7H5NO4.Be.2H/c9-7(10)5-1-3-6(4-2-5)8(11)12;;;/h1-4H,(H,9,10);;;. The van der Waals surface area contributed by atoms with Gasteiger partial charge in [-0.15, -0.1) is 0 Å². The maximum absolute atomic E-state index is 10.3. The Bertz CT molecular complexity index is 289. The molecule has 5 nitrogen and oxygen atoms in total. The van der Waals surface area contributed by atoms with Crippen molar-refractivity contribution in [3.63, 3.8) is 0 Å². The van der Waals surface area contributed by atoms with Crippen molar-refractivity contribution in [3.8, 4) is 0 Å². The quantitative estimate of drug-likeness (QED) is 0.403. The van der Waals surface area contributed by atoms with Gasteiger partial charge in [0, 0.05) is 12.1 Å². The molecule has 0 atom stereocenters. The molecule has 1 N–H and O–H groups in total. The molecule has 1 aromatic rings. The molecule has 1 aromatic carbocycles. The molecule has 0 bridgehead atoms. The number of non-ortho nitro benzene ring substituents is 1. The van der Waals surface area contributed by atoms with E-state index in [0.29, 0.717) is 0 Å². The molecule has 0 saturated heterocycles. The van der Waals surface area contributed by atoms with Crippen molar-refractivity contribution in [3.05, 3.63) is 39.9 Å². The molecule has 0 aromatic heterocycles. The van der Waals surface area contributed by atoms with Crippen LogP contribution in [0, 0.1) is 10.1 Å². The minimum atomic E-state index is -1.09. The number of nitrogens with zero attached hydrogens (tertiary/aromatic N) is 1. The number of carboxylic acids is 1. The van der Waals surface area contributed by atoms with Gasteiger partial charge in [-0.2, -0.15) is 0 Å². The van der Waals surface area contributed by atoms with Crippen molar-refractivity contribution in [2.45, 2.75) is 0 Å². The fourth-order valence-electron chi connectivity index (χ4n) is 0.726. The SMILES string of the molecule is O=C(O)c1ccc([N+](=O)[O-])cc1.[BeH2]. The molecule has 0 spiro atoms. The van der Waals surface area contributed by atoms with Gasteiger partial charge in [-0.25, -0.2) is 4.79 Å². The number of nitro benzene ring substituents is 1. The van der Waals surface area contributed by atoms with E-state index in [9.17, 15) is 14.9 Å². The van der Waals surface area contributed by atoms with E-state index in [2.05, 4.69) is 0 Å². The maximum atomic E-state index is 10.3. The molecular formula is C7H7BeNO4. The van der Waals surface area contributed by atoms with E-state index < -0.39 is 10.9 Å². The molecule has 66 valence electrons. The van der Waals surface area contributed by atoms with Crippen molar-refractivity contribution >= 4 is 21.8 Å². The van der Waals surface area contributed by atoms with Gasteiger partial charge in [0.15, 0.2) is 0 Å². The summed E-state index contributed by atoms with van der Waals surface area (Å²) in [4.78, 5) is 19.9. The number of hydrogen-bond donors (Lipinski definition) is 1. The first-order chi connectivity index (χ1) is 5.61. The van der Waals surface area contributed by atoms with Gasteiger partial charge in [-0.3, -0.25) is 10.1 Å². The summed E-state index contributed by atoms with van der Waals surface area (Å²) in [6.07, 6.45) is 0. The predicted molar refractivity (Wildman–Crippen MR) is 48.6 cm³/mol. The zero-order chi connectivity index (χ0) is 9.14. The minimum absolute atomic E-state index is 0. The average molecular weight is 178 g/mol. The third-order valence-electron chi connectivity index (χ3n) is 1.33. The second kappa shape index (κ2) is 4.33. The number of carbonyl (C=O) groups is 1. The van der Waals surface area contributed by atoms with Crippen LogP contribution in [0.1, 0.15) is 10.4 Å². The van der Waals surface area contributed by atoms with Gasteiger partial charge in [0.05, 0.1) is 10.5 Å². The summed E-state index contributed by atoms with van der Waals surface area (Å²) in [5, 5.41) is 18.6. The summed E-state index contributed by atoms with van der Waals surface area (Å²) in [6, 6.07) is 4.70. The normalized spacial score (nSPS) is 8.62. The third kappa shape index (κ3) is 2.65. The molecule has 0 saturated carbocycles. The average Bonchev–Trinajstić information content (AvgIpc) is 2.04. The molecule has 0 fully saturated rings. The summed E-state index contributed by atoms with van der Waals surface area (Å²) in [5.74, 6) is -1.09. The summed E-state index contributed by atoms with van der Waals surface area (Å²) >= 11 is 0. The Morgan fingerprint density at radius 1 is 1.31 bits per heavy atom. The first-order valence-corrected chi connectivity index (χ1v) is 3.09. The van der Waals surface area contributed by atoms with E-state index in [1.54, 1.807) is 0 Å². The summed E-state index contributed by atoms with van der Waals surface area (Å²) in [7, 11) is 0. The van der Waals surface area contributed by atoms with E-state index in [1.807, 2.05) is 0 Å². The van der Waals surface area contributed by atoms with Crippen LogP contribution in [0.15, 0.2) is 24.3 Å². The number of nitro groups is 1. The van der Waals surface area contributed by atoms with Crippen molar-refractivity contribution in [1.82, 2.24) is 0 Å². The Morgan fingerprint density at radius 2 is 1.77 bits per heavy atom. The molecule has 13 heavy (non-hydrogen) atoms. The number of benzene rings is 1. The monoisotopic (exact) mass is 178 g/mol. The van der Waals surface area contributed by atoms with E-state index in [0.717, 1.165) is 12.1 Å². The second-order valence-electron chi connectivity index (χ2n) is 2.11. The molecule has 6 heteroatoms. The van der Waals surface area contributed by atoms with Crippen LogP contribution in [0.3, 0.4) is 0 Å². The summed E-state index contributed by atoms with van der Waals surface area (Å²) in [5.41, 5.74) is -0.0689. The van der Waals surface area contributed by atoms with Crippen LogP contribution in [0.4, 0.5) is 5.69 Å². The van der Waals surface area contributed by atoms with Gasteiger partial charge in [-0.05, 0) is 12.1 Å². The van der Waals surface area contributed by atoms with Crippen molar-refractivity contribution in [1.29, 1.82) is 0 Å². The third-order valence-corrected chi connectivity index (χ3v) is 1.33. The van der Waals surface area contributed by atoms with Crippen molar-refractivity contribution < 1.29 is 14.8 Å². The van der Waals surface area contributed by atoms with Crippen LogP contribution < -0.4 is 0 Å². The van der Waals surface area contributed by atoms with Crippen LogP contribution in [-0.4, -0.2) is 26.1 Å². The second-order valence-corrected chi connectivity index (χ2v) is 2.11. The predicted octanol–water partition coefficient (Wildman–Crippen LogP) is 0.377. The van der Waals surface area contributed by atoms with Gasteiger partial charge < -0.3 is 5.11 Å². The first kappa shape index (κ1) is 11.3. The molecule has 0 aliphatic carbocycles. The van der Waals surface area contributed by atoms with Crippen LogP contribution in [0.25, 0.3) is 0 Å². The van der Waals surface area contributed by atoms with Crippen molar-refractivity contribution in [2.75, 3.05) is 0 Å². The van der Waals surface area contributed by atoms with E-state index in [4.69, 9.17) is 5.11 Å². The summed E-state index contributed by atoms with van der Waals surface area (Å²) < 4.78 is 0. The van der Waals surface area contributed by atoms with Gasteiger partial charge in [0.1, 0.15) is 0 Å². The Labute approximate surface area is 77.4 Å². The van der Waals surface area contributed by atoms with Crippen LogP contribution in [0.5, 0.6) is 0 Å². The van der Waals surface area contributed by atoms with Gasteiger partial charge in [0.2, 0.25) is 0 Å². The Balaban J connectivity index is 0.00000144. The molecule has 0 heterocycles. The number of aromatic carboxylic acids is 1. The fourth-order valence-corrected chi connectivity index (χ4v) is 0.726. The topological polar surface area (TPSA) is 80.4 Å². The molecular weight excluding hydrogens is 171 g/mol. The van der Waals surface area contributed by atoms with E-state index in [1.165, 1.54) is 12.1 Å². The van der Waals surface area contributed by atoms with Gasteiger partial charge in [-0.1, -0.05) is 0 Å². The molecule has 0 aliphatic rings. The fraction of sp³-hybridized carbons (Fsp3) is 0. The molecule has 0 aliphatic heterocycles. The number of hydrogen-bond acceptors (Lipinski definition) is 3. The first-order valence-electron chi connectivity index (χ1n) is 3.09. The molecule has 0 radical (unpaired) electrons.